The topological polar surface area (TPSA) is 96.4 Å². The minimum atomic E-state index is -4.77. The van der Waals surface area contributed by atoms with Crippen LogP contribution < -0.4 is 0 Å². The Labute approximate surface area is 117 Å². The first-order valence-electron chi connectivity index (χ1n) is 5.88. The van der Waals surface area contributed by atoms with Gasteiger partial charge in [0.25, 0.3) is 0 Å². The third-order valence-corrected chi connectivity index (χ3v) is 3.57. The maximum absolute atomic E-state index is 12.2. The van der Waals surface area contributed by atoms with Crippen molar-refractivity contribution in [2.75, 3.05) is 20.3 Å². The molecule has 0 saturated carbocycles. The van der Waals surface area contributed by atoms with Gasteiger partial charge in [0.05, 0.1) is 19.2 Å². The first-order valence-corrected chi connectivity index (χ1v) is 7.24. The van der Waals surface area contributed by atoms with E-state index in [9.17, 15) is 13.2 Å². The standard InChI is InChI=1S/C11H16N2O6S/c1-7(2)9-4-8(6-18-3)12-5-10(9)13(11(12)14)19-20(15,16)17/h4,8,10H,1,5-6H2,2-3H3,(H,15,16,17). The van der Waals surface area contributed by atoms with E-state index in [2.05, 4.69) is 10.9 Å². The molecule has 2 aliphatic rings. The minimum Gasteiger partial charge on any atom is -0.382 e. The Morgan fingerprint density at radius 3 is 2.75 bits per heavy atom. The summed E-state index contributed by atoms with van der Waals surface area (Å²) in [4.78, 5) is 13.6. The highest BCUT2D eigenvalue weighted by atomic mass is 32.3. The van der Waals surface area contributed by atoms with Gasteiger partial charge >= 0.3 is 16.4 Å². The van der Waals surface area contributed by atoms with Gasteiger partial charge in [-0.2, -0.15) is 13.5 Å². The molecule has 0 radical (unpaired) electrons. The summed E-state index contributed by atoms with van der Waals surface area (Å²) in [5.74, 6) is 0. The van der Waals surface area contributed by atoms with Crippen molar-refractivity contribution in [1.82, 2.24) is 9.96 Å². The number of nitrogens with zero attached hydrogens (tertiary/aromatic N) is 2. The lowest BCUT2D eigenvalue weighted by Gasteiger charge is -2.29. The van der Waals surface area contributed by atoms with Gasteiger partial charge in [0, 0.05) is 7.11 Å². The third-order valence-electron chi connectivity index (χ3n) is 3.22. The van der Waals surface area contributed by atoms with E-state index in [1.54, 1.807) is 13.0 Å². The fourth-order valence-electron chi connectivity index (χ4n) is 2.43. The van der Waals surface area contributed by atoms with E-state index >= 15 is 0 Å². The van der Waals surface area contributed by atoms with Crippen LogP contribution in [0, 0.1) is 0 Å². The average Bonchev–Trinajstić information content (AvgIpc) is 2.57. The summed E-state index contributed by atoms with van der Waals surface area (Å²) in [6.07, 6.45) is 1.80. The highest BCUT2D eigenvalue weighted by Gasteiger charge is 2.48. The Morgan fingerprint density at radius 1 is 1.60 bits per heavy atom. The van der Waals surface area contributed by atoms with Crippen molar-refractivity contribution < 1.29 is 26.8 Å². The molecule has 0 aromatic rings. The number of ether oxygens (including phenoxy) is 1. The van der Waals surface area contributed by atoms with Crippen molar-refractivity contribution in [2.24, 2.45) is 0 Å². The molecule has 2 atom stereocenters. The van der Waals surface area contributed by atoms with Gasteiger partial charge in [-0.1, -0.05) is 18.2 Å². The van der Waals surface area contributed by atoms with Crippen LogP contribution in [0.1, 0.15) is 6.92 Å². The third kappa shape index (κ3) is 2.70. The van der Waals surface area contributed by atoms with Crippen LogP contribution in [-0.4, -0.2) is 61.3 Å². The Balaban J connectivity index is 2.36. The number of carbonyl (C=O) groups is 1. The number of hydroxylamine groups is 2. The van der Waals surface area contributed by atoms with Crippen molar-refractivity contribution in [3.63, 3.8) is 0 Å². The number of hydrogen-bond donors (Lipinski definition) is 1. The monoisotopic (exact) mass is 304 g/mol. The van der Waals surface area contributed by atoms with Crippen LogP contribution in [0.15, 0.2) is 23.8 Å². The van der Waals surface area contributed by atoms with E-state index in [-0.39, 0.29) is 19.2 Å². The first kappa shape index (κ1) is 15.0. The van der Waals surface area contributed by atoms with Gasteiger partial charge in [-0.3, -0.25) is 4.55 Å². The second-order valence-corrected chi connectivity index (χ2v) is 5.71. The van der Waals surface area contributed by atoms with Crippen molar-refractivity contribution in [1.29, 1.82) is 0 Å². The predicted molar refractivity (Wildman–Crippen MR) is 68.9 cm³/mol. The van der Waals surface area contributed by atoms with Crippen molar-refractivity contribution in [3.05, 3.63) is 23.8 Å². The van der Waals surface area contributed by atoms with Crippen molar-refractivity contribution >= 4 is 16.4 Å². The van der Waals surface area contributed by atoms with E-state index in [4.69, 9.17) is 9.29 Å². The maximum Gasteiger partial charge on any atom is 0.418 e. The molecule has 2 heterocycles. The van der Waals surface area contributed by atoms with E-state index in [0.717, 1.165) is 0 Å². The zero-order valence-corrected chi connectivity index (χ0v) is 12.0. The summed E-state index contributed by atoms with van der Waals surface area (Å²) in [6, 6.07) is -1.58. The van der Waals surface area contributed by atoms with Crippen LogP contribution in [0.5, 0.6) is 0 Å². The van der Waals surface area contributed by atoms with Crippen LogP contribution >= 0.6 is 0 Å². The predicted octanol–water partition coefficient (Wildman–Crippen LogP) is 0.358. The molecule has 8 nitrogen and oxygen atoms in total. The highest BCUT2D eigenvalue weighted by Crippen LogP contribution is 2.33. The Kier molecular flexibility index (Phi) is 3.87. The summed E-state index contributed by atoms with van der Waals surface area (Å²) >= 11 is 0. The summed E-state index contributed by atoms with van der Waals surface area (Å²) in [5, 5.41) is 0.658. The van der Waals surface area contributed by atoms with Gasteiger partial charge in [0.15, 0.2) is 0 Å². The Hall–Kier alpha value is -1.42. The average molecular weight is 304 g/mol. The van der Waals surface area contributed by atoms with Crippen LogP contribution in [-0.2, 0) is 19.4 Å². The number of methoxy groups -OCH3 is 1. The van der Waals surface area contributed by atoms with Gasteiger partial charge in [-0.05, 0) is 12.5 Å². The Morgan fingerprint density at radius 2 is 2.25 bits per heavy atom. The molecule has 2 unspecified atom stereocenters. The quantitative estimate of drug-likeness (QED) is 0.737. The molecule has 1 fully saturated rings. The summed E-state index contributed by atoms with van der Waals surface area (Å²) in [6.45, 7) is 6.09. The normalized spacial score (nSPS) is 25.9. The molecule has 9 heteroatoms. The molecule has 1 N–H and O–H groups in total. The zero-order valence-electron chi connectivity index (χ0n) is 11.1. The zero-order chi connectivity index (χ0) is 15.1. The van der Waals surface area contributed by atoms with E-state index in [1.165, 1.54) is 12.0 Å². The lowest BCUT2D eigenvalue weighted by atomic mass is 9.95. The number of hydrogen-bond acceptors (Lipinski definition) is 5. The molecule has 112 valence electrons. The lowest BCUT2D eigenvalue weighted by molar-refractivity contribution is -0.0209. The molecule has 2 amide bonds. The molecule has 0 aromatic heterocycles. The first-order chi connectivity index (χ1) is 9.24. The van der Waals surface area contributed by atoms with Crippen LogP contribution in [0.25, 0.3) is 0 Å². The summed E-state index contributed by atoms with van der Waals surface area (Å²) < 4.78 is 39.9. The molecule has 0 aliphatic carbocycles. The fourth-order valence-corrected chi connectivity index (χ4v) is 2.80. The molecule has 0 spiro atoms. The number of rotatable bonds is 5. The molecule has 2 bridgehead atoms. The molecular weight excluding hydrogens is 288 g/mol. The van der Waals surface area contributed by atoms with Crippen LogP contribution in [0.2, 0.25) is 0 Å². The van der Waals surface area contributed by atoms with Crippen LogP contribution in [0.3, 0.4) is 0 Å². The van der Waals surface area contributed by atoms with Gasteiger partial charge in [-0.15, -0.1) is 4.28 Å². The fraction of sp³-hybridized carbons (Fsp3) is 0.545. The molecule has 2 aliphatic heterocycles. The molecule has 0 aromatic carbocycles. The molecule has 2 rings (SSSR count). The SMILES string of the molecule is C=C(C)C1=CC(COC)N2CC1N(OS(=O)(=O)O)C2=O. The van der Waals surface area contributed by atoms with Gasteiger partial charge in [-0.25, -0.2) is 4.79 Å². The van der Waals surface area contributed by atoms with Gasteiger partial charge in [0.1, 0.15) is 6.04 Å². The minimum absolute atomic E-state index is 0.251. The maximum atomic E-state index is 12.2. The second-order valence-electron chi connectivity index (χ2n) is 4.70. The number of urea groups is 1. The number of fused-ring (bicyclic) bond motifs is 2. The largest absolute Gasteiger partial charge is 0.418 e. The number of amides is 2. The van der Waals surface area contributed by atoms with E-state index in [0.29, 0.717) is 16.2 Å². The van der Waals surface area contributed by atoms with E-state index in [1.807, 2.05) is 0 Å². The lowest BCUT2D eigenvalue weighted by Crippen LogP contribution is -2.41. The second kappa shape index (κ2) is 5.17. The van der Waals surface area contributed by atoms with Gasteiger partial charge < -0.3 is 9.64 Å². The van der Waals surface area contributed by atoms with Gasteiger partial charge in [0.2, 0.25) is 0 Å². The van der Waals surface area contributed by atoms with Crippen LogP contribution in [0.4, 0.5) is 4.79 Å². The highest BCUT2D eigenvalue weighted by molar-refractivity contribution is 7.80. The molecule has 20 heavy (non-hydrogen) atoms. The summed E-state index contributed by atoms with van der Waals surface area (Å²) in [5.41, 5.74) is 1.38. The molecular formula is C11H16N2O6S. The van der Waals surface area contributed by atoms with Crippen molar-refractivity contribution in [3.8, 4) is 0 Å². The smallest absolute Gasteiger partial charge is 0.382 e. The van der Waals surface area contributed by atoms with Crippen molar-refractivity contribution in [2.45, 2.75) is 19.0 Å². The molecule has 1 saturated heterocycles. The number of carbonyl (C=O) groups excluding carboxylic acids is 1. The Bertz CT molecular complexity index is 569. The summed E-state index contributed by atoms with van der Waals surface area (Å²) in [7, 11) is -3.26. The van der Waals surface area contributed by atoms with E-state index < -0.39 is 22.5 Å².